The molecule has 2 aromatic rings. The number of rotatable bonds is 6. The van der Waals surface area contributed by atoms with Crippen LogP contribution in [0.1, 0.15) is 86.5 Å². The molecule has 5 rings (SSSR count). The molecule has 174 valence electrons. The van der Waals surface area contributed by atoms with Crippen LogP contribution in [-0.4, -0.2) is 57.2 Å². The maximum absolute atomic E-state index is 12.5. The molecule has 3 fully saturated rings. The Morgan fingerprint density at radius 1 is 1.12 bits per heavy atom. The Morgan fingerprint density at radius 3 is 2.69 bits per heavy atom. The molecule has 32 heavy (non-hydrogen) atoms. The highest BCUT2D eigenvalue weighted by Crippen LogP contribution is 2.36. The van der Waals surface area contributed by atoms with Crippen molar-refractivity contribution in [2.45, 2.75) is 96.2 Å². The lowest BCUT2D eigenvalue weighted by Crippen LogP contribution is -2.39. The molecule has 1 unspecified atom stereocenters. The predicted molar refractivity (Wildman–Crippen MR) is 124 cm³/mol. The van der Waals surface area contributed by atoms with Crippen molar-refractivity contribution < 1.29 is 9.53 Å². The molecule has 7 nitrogen and oxygen atoms in total. The second kappa shape index (κ2) is 9.48. The number of nitrogens with zero attached hydrogens (tertiary/aromatic N) is 4. The fraction of sp³-hybridized carbons (Fsp3) is 0.720. The van der Waals surface area contributed by atoms with Gasteiger partial charge in [0.05, 0.1) is 11.7 Å². The Morgan fingerprint density at radius 2 is 1.91 bits per heavy atom. The van der Waals surface area contributed by atoms with Gasteiger partial charge in [-0.25, -0.2) is 9.50 Å². The third-order valence-corrected chi connectivity index (χ3v) is 7.80. The van der Waals surface area contributed by atoms with E-state index in [0.717, 1.165) is 80.2 Å². The minimum Gasteiger partial charge on any atom is -0.381 e. The molecule has 1 amide bonds. The average molecular weight is 440 g/mol. The zero-order valence-corrected chi connectivity index (χ0v) is 19.6. The lowest BCUT2D eigenvalue weighted by atomic mass is 10.0. The third-order valence-electron chi connectivity index (χ3n) is 7.80. The van der Waals surface area contributed by atoms with Crippen molar-refractivity contribution in [2.24, 2.45) is 0 Å². The van der Waals surface area contributed by atoms with E-state index in [1.165, 1.54) is 19.3 Å². The Bertz CT molecular complexity index is 959. The van der Waals surface area contributed by atoms with Crippen LogP contribution in [-0.2, 0) is 16.0 Å². The highest BCUT2D eigenvalue weighted by molar-refractivity contribution is 5.76. The summed E-state index contributed by atoms with van der Waals surface area (Å²) in [6.45, 7) is 7.07. The number of aryl methyl sites for hydroxylation is 2. The Kier molecular flexibility index (Phi) is 6.47. The van der Waals surface area contributed by atoms with Crippen LogP contribution in [0.25, 0.3) is 5.65 Å². The number of carbonyl (C=O) groups is 1. The standard InChI is InChI=1S/C25H37N5O2/c1-17-21(9-10-25(31)27-19-6-3-4-7-19)18(2)30-24(26-17)16-22(28-30)23-8-5-13-29(23)20-11-14-32-15-12-20/h16,19-20,23H,3-15H2,1-2H3,(H,27,31). The molecular weight excluding hydrogens is 402 g/mol. The minimum atomic E-state index is 0.162. The van der Waals surface area contributed by atoms with E-state index in [4.69, 9.17) is 14.8 Å². The molecule has 1 N–H and O–H groups in total. The second-order valence-electron chi connectivity index (χ2n) is 9.89. The number of hydrogen-bond donors (Lipinski definition) is 1. The highest BCUT2D eigenvalue weighted by atomic mass is 16.5. The van der Waals surface area contributed by atoms with E-state index in [0.29, 0.717) is 31.0 Å². The molecule has 1 atom stereocenters. The molecule has 0 radical (unpaired) electrons. The summed E-state index contributed by atoms with van der Waals surface area (Å²) in [5.74, 6) is 0.162. The molecular formula is C25H37N5O2. The Hall–Kier alpha value is -1.99. The number of nitrogens with one attached hydrogen (secondary N) is 1. The van der Waals surface area contributed by atoms with Crippen LogP contribution in [0.2, 0.25) is 0 Å². The van der Waals surface area contributed by atoms with Gasteiger partial charge in [0.25, 0.3) is 0 Å². The van der Waals surface area contributed by atoms with Gasteiger partial charge in [0.15, 0.2) is 5.65 Å². The van der Waals surface area contributed by atoms with Gasteiger partial charge in [-0.2, -0.15) is 5.10 Å². The van der Waals surface area contributed by atoms with Crippen LogP contribution < -0.4 is 5.32 Å². The highest BCUT2D eigenvalue weighted by Gasteiger charge is 2.34. The molecule has 0 spiro atoms. The van der Waals surface area contributed by atoms with Crippen LogP contribution in [0.4, 0.5) is 0 Å². The quantitative estimate of drug-likeness (QED) is 0.744. The summed E-state index contributed by atoms with van der Waals surface area (Å²) in [6.07, 6.45) is 10.6. The SMILES string of the molecule is Cc1nc2cc(C3CCCN3C3CCOCC3)nn2c(C)c1CCC(=O)NC1CCCC1. The van der Waals surface area contributed by atoms with Crippen molar-refractivity contribution in [3.05, 3.63) is 28.7 Å². The molecule has 7 heteroatoms. The largest absolute Gasteiger partial charge is 0.381 e. The minimum absolute atomic E-state index is 0.162. The van der Waals surface area contributed by atoms with Crippen molar-refractivity contribution in [1.29, 1.82) is 0 Å². The molecule has 0 bridgehead atoms. The smallest absolute Gasteiger partial charge is 0.220 e. The van der Waals surface area contributed by atoms with E-state index in [2.05, 4.69) is 30.1 Å². The van der Waals surface area contributed by atoms with Crippen molar-refractivity contribution in [2.75, 3.05) is 19.8 Å². The molecule has 3 aliphatic rings. The topological polar surface area (TPSA) is 71.8 Å². The zero-order chi connectivity index (χ0) is 22.1. The van der Waals surface area contributed by atoms with Gasteiger partial charge in [0.2, 0.25) is 5.91 Å². The molecule has 2 saturated heterocycles. The van der Waals surface area contributed by atoms with E-state index < -0.39 is 0 Å². The lowest BCUT2D eigenvalue weighted by Gasteiger charge is -2.34. The summed E-state index contributed by atoms with van der Waals surface area (Å²) in [5.41, 5.74) is 5.35. The fourth-order valence-corrected chi connectivity index (χ4v) is 6.04. The van der Waals surface area contributed by atoms with E-state index in [1.807, 2.05) is 4.52 Å². The van der Waals surface area contributed by atoms with Crippen LogP contribution in [0.5, 0.6) is 0 Å². The number of hydrogen-bond acceptors (Lipinski definition) is 5. The summed E-state index contributed by atoms with van der Waals surface area (Å²) < 4.78 is 7.59. The molecule has 2 aromatic heterocycles. The van der Waals surface area contributed by atoms with Crippen LogP contribution >= 0.6 is 0 Å². The van der Waals surface area contributed by atoms with Crippen molar-refractivity contribution in [1.82, 2.24) is 24.8 Å². The maximum atomic E-state index is 12.5. The van der Waals surface area contributed by atoms with Crippen molar-refractivity contribution in [3.8, 4) is 0 Å². The number of likely N-dealkylation sites (tertiary alicyclic amines) is 1. The zero-order valence-electron chi connectivity index (χ0n) is 19.6. The van der Waals surface area contributed by atoms with Crippen LogP contribution in [0.15, 0.2) is 6.07 Å². The summed E-state index contributed by atoms with van der Waals surface area (Å²) in [5, 5.41) is 8.24. The number of fused-ring (bicyclic) bond motifs is 1. The second-order valence-corrected chi connectivity index (χ2v) is 9.89. The first-order chi connectivity index (χ1) is 15.6. The fourth-order valence-electron chi connectivity index (χ4n) is 6.04. The first-order valence-electron chi connectivity index (χ1n) is 12.6. The van der Waals surface area contributed by atoms with Gasteiger partial charge < -0.3 is 10.1 Å². The van der Waals surface area contributed by atoms with E-state index in [9.17, 15) is 4.79 Å². The predicted octanol–water partition coefficient (Wildman–Crippen LogP) is 3.65. The number of amides is 1. The molecule has 1 saturated carbocycles. The average Bonchev–Trinajstić information content (AvgIpc) is 3.54. The van der Waals surface area contributed by atoms with Crippen molar-refractivity contribution >= 4 is 11.6 Å². The van der Waals surface area contributed by atoms with Gasteiger partial charge in [-0.05, 0) is 70.9 Å². The Labute approximate surface area is 190 Å². The van der Waals surface area contributed by atoms with Gasteiger partial charge in [-0.3, -0.25) is 9.69 Å². The maximum Gasteiger partial charge on any atom is 0.220 e. The Balaban J connectivity index is 1.32. The molecule has 0 aromatic carbocycles. The summed E-state index contributed by atoms with van der Waals surface area (Å²) >= 11 is 0. The molecule has 4 heterocycles. The van der Waals surface area contributed by atoms with Gasteiger partial charge in [-0.1, -0.05) is 12.8 Å². The first kappa shape index (κ1) is 21.8. The van der Waals surface area contributed by atoms with Crippen molar-refractivity contribution in [3.63, 3.8) is 0 Å². The van der Waals surface area contributed by atoms with Crippen LogP contribution in [0, 0.1) is 13.8 Å². The van der Waals surface area contributed by atoms with Gasteiger partial charge in [0.1, 0.15) is 0 Å². The van der Waals surface area contributed by atoms with E-state index in [1.54, 1.807) is 0 Å². The van der Waals surface area contributed by atoms with Gasteiger partial charge >= 0.3 is 0 Å². The number of ether oxygens (including phenoxy) is 1. The summed E-state index contributed by atoms with van der Waals surface area (Å²) in [7, 11) is 0. The van der Waals surface area contributed by atoms with E-state index >= 15 is 0 Å². The van der Waals surface area contributed by atoms with Crippen LogP contribution in [0.3, 0.4) is 0 Å². The molecule has 1 aliphatic carbocycles. The normalized spacial score (nSPS) is 23.4. The summed E-state index contributed by atoms with van der Waals surface area (Å²) in [4.78, 5) is 20.0. The number of carbonyl (C=O) groups excluding carboxylic acids is 1. The summed E-state index contributed by atoms with van der Waals surface area (Å²) in [6, 6.07) is 3.54. The lowest BCUT2D eigenvalue weighted by molar-refractivity contribution is -0.121. The number of aromatic nitrogens is 3. The monoisotopic (exact) mass is 439 g/mol. The van der Waals surface area contributed by atoms with Gasteiger partial charge in [0, 0.05) is 49.2 Å². The first-order valence-corrected chi connectivity index (χ1v) is 12.6. The third kappa shape index (κ3) is 4.42. The van der Waals surface area contributed by atoms with Gasteiger partial charge in [-0.15, -0.1) is 0 Å². The molecule has 2 aliphatic heterocycles. The van der Waals surface area contributed by atoms with E-state index in [-0.39, 0.29) is 5.91 Å².